The molecule has 0 aliphatic heterocycles. The van der Waals surface area contributed by atoms with E-state index in [4.69, 9.17) is 4.74 Å². The van der Waals surface area contributed by atoms with Crippen LogP contribution in [0, 0.1) is 0 Å². The molecule has 0 aliphatic carbocycles. The summed E-state index contributed by atoms with van der Waals surface area (Å²) in [7, 11) is 1.63. The zero-order valence-corrected chi connectivity index (χ0v) is 10.1. The molecule has 0 aromatic carbocycles. The van der Waals surface area contributed by atoms with Gasteiger partial charge in [-0.15, -0.1) is 0 Å². The van der Waals surface area contributed by atoms with Crippen molar-refractivity contribution in [3.8, 4) is 5.88 Å². The predicted octanol–water partition coefficient (Wildman–Crippen LogP) is 3.41. The first-order valence-corrected chi connectivity index (χ1v) is 5.04. The third-order valence-electron chi connectivity index (χ3n) is 1.81. The van der Waals surface area contributed by atoms with Gasteiger partial charge in [-0.2, -0.15) is 0 Å². The highest BCUT2D eigenvalue weighted by Gasteiger charge is 2.13. The molecule has 0 atom stereocenters. The Balaban J connectivity index is 0.000000791. The maximum Gasteiger partial charge on any atom is 0.213 e. The van der Waals surface area contributed by atoms with Crippen molar-refractivity contribution >= 4 is 0 Å². The standard InChI is InChI=1S/C10H15NO.C2H6/c1-10(2,3)8-5-6-11-9(7-8)12-4;1-2/h5-7H,1-4H3;1-2H3. The van der Waals surface area contributed by atoms with Gasteiger partial charge in [0.25, 0.3) is 0 Å². The number of hydrogen-bond acceptors (Lipinski definition) is 2. The molecule has 1 aromatic heterocycles. The molecular weight excluding hydrogens is 174 g/mol. The van der Waals surface area contributed by atoms with Gasteiger partial charge in [-0.3, -0.25) is 0 Å². The van der Waals surface area contributed by atoms with Crippen LogP contribution >= 0.6 is 0 Å². The molecule has 0 unspecified atom stereocenters. The van der Waals surface area contributed by atoms with Gasteiger partial charge in [-0.1, -0.05) is 34.6 Å². The minimum absolute atomic E-state index is 0.163. The van der Waals surface area contributed by atoms with Crippen LogP contribution < -0.4 is 4.74 Å². The molecule has 0 fully saturated rings. The molecule has 2 nitrogen and oxygen atoms in total. The molecule has 0 amide bonds. The Hall–Kier alpha value is -1.05. The second kappa shape index (κ2) is 5.63. The van der Waals surface area contributed by atoms with Crippen LogP contribution in [0.3, 0.4) is 0 Å². The van der Waals surface area contributed by atoms with Crippen molar-refractivity contribution in [3.63, 3.8) is 0 Å². The Bertz CT molecular complexity index is 263. The molecule has 1 rings (SSSR count). The van der Waals surface area contributed by atoms with E-state index in [9.17, 15) is 0 Å². The molecule has 14 heavy (non-hydrogen) atoms. The topological polar surface area (TPSA) is 22.1 Å². The lowest BCUT2D eigenvalue weighted by molar-refractivity contribution is 0.395. The number of ether oxygens (including phenoxy) is 1. The van der Waals surface area contributed by atoms with E-state index in [-0.39, 0.29) is 5.41 Å². The lowest BCUT2D eigenvalue weighted by atomic mass is 9.88. The van der Waals surface area contributed by atoms with Crippen molar-refractivity contribution in [3.05, 3.63) is 23.9 Å². The van der Waals surface area contributed by atoms with Gasteiger partial charge >= 0.3 is 0 Å². The molecule has 0 saturated heterocycles. The van der Waals surface area contributed by atoms with Crippen LogP contribution in [-0.4, -0.2) is 12.1 Å². The van der Waals surface area contributed by atoms with Crippen molar-refractivity contribution < 1.29 is 4.74 Å². The number of pyridine rings is 1. The first-order valence-electron chi connectivity index (χ1n) is 5.04. The minimum atomic E-state index is 0.163. The first-order chi connectivity index (χ1) is 6.54. The largest absolute Gasteiger partial charge is 0.481 e. The van der Waals surface area contributed by atoms with Crippen molar-refractivity contribution in [2.45, 2.75) is 40.0 Å². The predicted molar refractivity (Wildman–Crippen MR) is 60.8 cm³/mol. The Morgan fingerprint density at radius 1 is 1.21 bits per heavy atom. The van der Waals surface area contributed by atoms with Crippen LogP contribution in [0.1, 0.15) is 40.2 Å². The number of hydrogen-bond donors (Lipinski definition) is 0. The molecule has 0 aliphatic rings. The summed E-state index contributed by atoms with van der Waals surface area (Å²) in [6.07, 6.45) is 1.78. The summed E-state index contributed by atoms with van der Waals surface area (Å²) >= 11 is 0. The van der Waals surface area contributed by atoms with Gasteiger partial charge in [0, 0.05) is 12.3 Å². The van der Waals surface area contributed by atoms with Crippen LogP contribution in [0.25, 0.3) is 0 Å². The van der Waals surface area contributed by atoms with E-state index in [1.807, 2.05) is 26.0 Å². The minimum Gasteiger partial charge on any atom is -0.481 e. The summed E-state index contributed by atoms with van der Waals surface area (Å²) < 4.78 is 5.04. The van der Waals surface area contributed by atoms with Gasteiger partial charge in [-0.05, 0) is 17.0 Å². The lowest BCUT2D eigenvalue weighted by Crippen LogP contribution is -2.11. The van der Waals surface area contributed by atoms with Gasteiger partial charge in [0.15, 0.2) is 0 Å². The second-order valence-corrected chi connectivity index (χ2v) is 3.84. The third-order valence-corrected chi connectivity index (χ3v) is 1.81. The van der Waals surface area contributed by atoms with Crippen LogP contribution in [0.4, 0.5) is 0 Å². The lowest BCUT2D eigenvalue weighted by Gasteiger charge is -2.18. The van der Waals surface area contributed by atoms with E-state index in [0.29, 0.717) is 5.88 Å². The summed E-state index contributed by atoms with van der Waals surface area (Å²) in [6, 6.07) is 3.99. The summed E-state index contributed by atoms with van der Waals surface area (Å²) in [4.78, 5) is 4.05. The van der Waals surface area contributed by atoms with Crippen LogP contribution in [0.2, 0.25) is 0 Å². The monoisotopic (exact) mass is 195 g/mol. The zero-order valence-electron chi connectivity index (χ0n) is 10.1. The molecule has 2 heteroatoms. The molecular formula is C12H21NO. The van der Waals surface area contributed by atoms with E-state index < -0.39 is 0 Å². The maximum absolute atomic E-state index is 5.04. The van der Waals surface area contributed by atoms with Gasteiger partial charge in [0.05, 0.1) is 7.11 Å². The maximum atomic E-state index is 5.04. The molecule has 0 saturated carbocycles. The van der Waals surface area contributed by atoms with Gasteiger partial charge < -0.3 is 4.74 Å². The van der Waals surface area contributed by atoms with E-state index in [2.05, 4.69) is 25.8 Å². The highest BCUT2D eigenvalue weighted by atomic mass is 16.5. The smallest absolute Gasteiger partial charge is 0.213 e. The molecule has 0 spiro atoms. The molecule has 1 aromatic rings. The average Bonchev–Trinajstić information content (AvgIpc) is 2.20. The van der Waals surface area contributed by atoms with Crippen molar-refractivity contribution in [2.75, 3.05) is 7.11 Å². The summed E-state index contributed by atoms with van der Waals surface area (Å²) in [5, 5.41) is 0. The quantitative estimate of drug-likeness (QED) is 0.685. The van der Waals surface area contributed by atoms with E-state index in [0.717, 1.165) is 0 Å². The summed E-state index contributed by atoms with van der Waals surface area (Å²) in [5.74, 6) is 0.683. The van der Waals surface area contributed by atoms with Gasteiger partial charge in [-0.25, -0.2) is 4.98 Å². The normalized spacial score (nSPS) is 10.1. The molecule has 1 heterocycles. The highest BCUT2D eigenvalue weighted by molar-refractivity contribution is 5.26. The first kappa shape index (κ1) is 12.9. The fraction of sp³-hybridized carbons (Fsp3) is 0.583. The van der Waals surface area contributed by atoms with E-state index in [1.54, 1.807) is 13.3 Å². The van der Waals surface area contributed by atoms with Gasteiger partial charge in [0.1, 0.15) is 0 Å². The summed E-state index contributed by atoms with van der Waals surface area (Å²) in [6.45, 7) is 10.5. The van der Waals surface area contributed by atoms with Crippen molar-refractivity contribution in [1.82, 2.24) is 4.98 Å². The van der Waals surface area contributed by atoms with Crippen molar-refractivity contribution in [2.24, 2.45) is 0 Å². The Morgan fingerprint density at radius 2 is 1.79 bits per heavy atom. The molecule has 0 bridgehead atoms. The van der Waals surface area contributed by atoms with Gasteiger partial charge in [0.2, 0.25) is 5.88 Å². The highest BCUT2D eigenvalue weighted by Crippen LogP contribution is 2.23. The second-order valence-electron chi connectivity index (χ2n) is 3.84. The fourth-order valence-electron chi connectivity index (χ4n) is 0.988. The van der Waals surface area contributed by atoms with Crippen LogP contribution in [0.5, 0.6) is 5.88 Å². The Kier molecular flexibility index (Phi) is 5.21. The van der Waals surface area contributed by atoms with E-state index >= 15 is 0 Å². The number of nitrogens with zero attached hydrogens (tertiary/aromatic N) is 1. The summed E-state index contributed by atoms with van der Waals surface area (Å²) in [5.41, 5.74) is 1.41. The number of aromatic nitrogens is 1. The van der Waals surface area contributed by atoms with Crippen LogP contribution in [-0.2, 0) is 5.41 Å². The SMILES string of the molecule is CC.COc1cc(C(C)(C)C)ccn1. The number of methoxy groups -OCH3 is 1. The fourth-order valence-corrected chi connectivity index (χ4v) is 0.988. The molecule has 0 N–H and O–H groups in total. The Labute approximate surface area is 87.3 Å². The van der Waals surface area contributed by atoms with E-state index in [1.165, 1.54) is 5.56 Å². The molecule has 80 valence electrons. The Morgan fingerprint density at radius 3 is 2.21 bits per heavy atom. The third kappa shape index (κ3) is 3.77. The van der Waals surface area contributed by atoms with Crippen molar-refractivity contribution in [1.29, 1.82) is 0 Å². The zero-order chi connectivity index (χ0) is 11.2. The average molecular weight is 195 g/mol. The number of rotatable bonds is 1. The molecule has 0 radical (unpaired) electrons. The van der Waals surface area contributed by atoms with Crippen LogP contribution in [0.15, 0.2) is 18.3 Å².